The first-order valence-electron chi connectivity index (χ1n) is 7.87. The van der Waals surface area contributed by atoms with Crippen LogP contribution in [0.3, 0.4) is 0 Å². The zero-order valence-electron chi connectivity index (χ0n) is 12.8. The molecule has 0 saturated heterocycles. The minimum absolute atomic E-state index is 0.159. The van der Waals surface area contributed by atoms with Gasteiger partial charge in [0.25, 0.3) is 0 Å². The van der Waals surface area contributed by atoms with Crippen LogP contribution in [-0.2, 0) is 22.7 Å². The molecule has 0 amide bonds. The highest BCUT2D eigenvalue weighted by atomic mass is 16.7. The summed E-state index contributed by atoms with van der Waals surface area (Å²) < 4.78 is 12.3. The molecule has 0 aliphatic heterocycles. The van der Waals surface area contributed by atoms with Crippen LogP contribution in [0.25, 0.3) is 0 Å². The maximum Gasteiger partial charge on any atom is 0.170 e. The van der Waals surface area contributed by atoms with Gasteiger partial charge in [-0.3, -0.25) is 0 Å². The molecule has 1 aliphatic rings. The van der Waals surface area contributed by atoms with E-state index in [-0.39, 0.29) is 6.04 Å². The van der Waals surface area contributed by atoms with Crippen molar-refractivity contribution in [2.75, 3.05) is 0 Å². The molecule has 116 valence electrons. The molecule has 0 heterocycles. The third kappa shape index (κ3) is 3.95. The fourth-order valence-electron chi connectivity index (χ4n) is 2.89. The number of ether oxygens (including phenoxy) is 2. The predicted molar refractivity (Wildman–Crippen MR) is 87.0 cm³/mol. The number of rotatable bonds is 6. The van der Waals surface area contributed by atoms with Crippen LogP contribution < -0.4 is 5.73 Å². The van der Waals surface area contributed by atoms with E-state index >= 15 is 0 Å². The SMILES string of the molecule is NC1CCC(OCc2ccccc2)(OCc2ccccc2)C1. The van der Waals surface area contributed by atoms with E-state index in [1.165, 1.54) is 0 Å². The largest absolute Gasteiger partial charge is 0.345 e. The van der Waals surface area contributed by atoms with Gasteiger partial charge in [0, 0.05) is 18.9 Å². The zero-order chi connectivity index (χ0) is 15.3. The lowest BCUT2D eigenvalue weighted by Crippen LogP contribution is -2.34. The molecule has 0 radical (unpaired) electrons. The first-order chi connectivity index (χ1) is 10.8. The third-order valence-electron chi connectivity index (χ3n) is 4.16. The van der Waals surface area contributed by atoms with Crippen molar-refractivity contribution in [2.24, 2.45) is 5.73 Å². The Morgan fingerprint density at radius 3 is 1.77 bits per heavy atom. The Kier molecular flexibility index (Phi) is 4.88. The molecular weight excluding hydrogens is 274 g/mol. The van der Waals surface area contributed by atoms with Gasteiger partial charge in [-0.1, -0.05) is 60.7 Å². The summed E-state index contributed by atoms with van der Waals surface area (Å²) in [4.78, 5) is 0. The molecule has 3 nitrogen and oxygen atoms in total. The maximum atomic E-state index is 6.17. The van der Waals surface area contributed by atoms with E-state index < -0.39 is 5.79 Å². The van der Waals surface area contributed by atoms with Gasteiger partial charge in [-0.15, -0.1) is 0 Å². The maximum absolute atomic E-state index is 6.17. The van der Waals surface area contributed by atoms with Crippen molar-refractivity contribution in [1.29, 1.82) is 0 Å². The lowest BCUT2D eigenvalue weighted by Gasteiger charge is -2.30. The van der Waals surface area contributed by atoms with Crippen LogP contribution in [0.1, 0.15) is 30.4 Å². The van der Waals surface area contributed by atoms with Gasteiger partial charge >= 0.3 is 0 Å². The van der Waals surface area contributed by atoms with Crippen LogP contribution in [-0.4, -0.2) is 11.8 Å². The second kappa shape index (κ2) is 7.05. The van der Waals surface area contributed by atoms with Crippen LogP contribution in [0.4, 0.5) is 0 Å². The predicted octanol–water partition coefficient (Wildman–Crippen LogP) is 3.63. The van der Waals surface area contributed by atoms with Gasteiger partial charge in [0.2, 0.25) is 0 Å². The first-order valence-corrected chi connectivity index (χ1v) is 7.87. The summed E-state index contributed by atoms with van der Waals surface area (Å²) in [7, 11) is 0. The highest BCUT2D eigenvalue weighted by molar-refractivity contribution is 5.14. The number of nitrogens with two attached hydrogens (primary N) is 1. The molecular formula is C19H23NO2. The molecule has 3 rings (SSSR count). The molecule has 3 heteroatoms. The van der Waals surface area contributed by atoms with Crippen molar-refractivity contribution < 1.29 is 9.47 Å². The summed E-state index contributed by atoms with van der Waals surface area (Å²) in [6.07, 6.45) is 2.56. The average Bonchev–Trinajstić information content (AvgIpc) is 2.95. The van der Waals surface area contributed by atoms with Gasteiger partial charge in [0.15, 0.2) is 5.79 Å². The number of benzene rings is 2. The molecule has 22 heavy (non-hydrogen) atoms. The van der Waals surface area contributed by atoms with E-state index in [1.807, 2.05) is 36.4 Å². The Morgan fingerprint density at radius 1 is 0.864 bits per heavy atom. The van der Waals surface area contributed by atoms with E-state index in [2.05, 4.69) is 24.3 Å². The van der Waals surface area contributed by atoms with Gasteiger partial charge in [0.05, 0.1) is 13.2 Å². The summed E-state index contributed by atoms with van der Waals surface area (Å²) >= 11 is 0. The fraction of sp³-hybridized carbons (Fsp3) is 0.368. The normalized spacial score (nSPS) is 20.1. The molecule has 1 atom stereocenters. The lowest BCUT2D eigenvalue weighted by atomic mass is 10.2. The monoisotopic (exact) mass is 297 g/mol. The Labute approximate surface area is 132 Å². The van der Waals surface area contributed by atoms with Crippen molar-refractivity contribution in [1.82, 2.24) is 0 Å². The van der Waals surface area contributed by atoms with Crippen molar-refractivity contribution in [3.8, 4) is 0 Å². The van der Waals surface area contributed by atoms with Crippen LogP contribution in [0, 0.1) is 0 Å². The molecule has 1 fully saturated rings. The fourth-order valence-corrected chi connectivity index (χ4v) is 2.89. The minimum Gasteiger partial charge on any atom is -0.345 e. The highest BCUT2D eigenvalue weighted by Crippen LogP contribution is 2.35. The molecule has 0 bridgehead atoms. The van der Waals surface area contributed by atoms with Gasteiger partial charge in [-0.25, -0.2) is 0 Å². The average molecular weight is 297 g/mol. The zero-order valence-corrected chi connectivity index (χ0v) is 12.8. The topological polar surface area (TPSA) is 44.5 Å². The van der Waals surface area contributed by atoms with E-state index in [4.69, 9.17) is 15.2 Å². The molecule has 1 aliphatic carbocycles. The highest BCUT2D eigenvalue weighted by Gasteiger charge is 2.40. The van der Waals surface area contributed by atoms with Crippen LogP contribution in [0.15, 0.2) is 60.7 Å². The summed E-state index contributed by atoms with van der Waals surface area (Å²) in [5.41, 5.74) is 8.40. The Morgan fingerprint density at radius 2 is 1.36 bits per heavy atom. The minimum atomic E-state index is -0.550. The molecule has 1 saturated carbocycles. The van der Waals surface area contributed by atoms with Crippen molar-refractivity contribution in [3.05, 3.63) is 71.8 Å². The van der Waals surface area contributed by atoms with E-state index in [0.29, 0.717) is 13.2 Å². The van der Waals surface area contributed by atoms with Crippen molar-refractivity contribution in [3.63, 3.8) is 0 Å². The second-order valence-corrected chi connectivity index (χ2v) is 5.96. The van der Waals surface area contributed by atoms with Gasteiger partial charge in [0.1, 0.15) is 0 Å². The molecule has 2 aromatic rings. The van der Waals surface area contributed by atoms with Crippen molar-refractivity contribution >= 4 is 0 Å². The van der Waals surface area contributed by atoms with Crippen LogP contribution in [0.5, 0.6) is 0 Å². The molecule has 0 aromatic heterocycles. The van der Waals surface area contributed by atoms with E-state index in [0.717, 1.165) is 30.4 Å². The second-order valence-electron chi connectivity index (χ2n) is 5.96. The Hall–Kier alpha value is -1.68. The number of hydrogen-bond donors (Lipinski definition) is 1. The molecule has 0 spiro atoms. The molecule has 2 aromatic carbocycles. The summed E-state index contributed by atoms with van der Waals surface area (Å²) in [5, 5.41) is 0. The first kappa shape index (κ1) is 15.2. The van der Waals surface area contributed by atoms with Crippen molar-refractivity contribution in [2.45, 2.75) is 44.3 Å². The standard InChI is InChI=1S/C19H23NO2/c20-18-11-12-19(13-18,21-14-16-7-3-1-4-8-16)22-15-17-9-5-2-6-10-17/h1-10,18H,11-15,20H2. The summed E-state index contributed by atoms with van der Waals surface area (Å²) in [6, 6.07) is 20.6. The van der Waals surface area contributed by atoms with Crippen LogP contribution >= 0.6 is 0 Å². The summed E-state index contributed by atoms with van der Waals surface area (Å²) in [5.74, 6) is -0.550. The van der Waals surface area contributed by atoms with Crippen LogP contribution in [0.2, 0.25) is 0 Å². The molecule has 2 N–H and O–H groups in total. The Bertz CT molecular complexity index is 527. The van der Waals surface area contributed by atoms with E-state index in [1.54, 1.807) is 0 Å². The quantitative estimate of drug-likeness (QED) is 0.828. The Balaban J connectivity index is 1.63. The van der Waals surface area contributed by atoms with Gasteiger partial charge in [-0.2, -0.15) is 0 Å². The third-order valence-corrected chi connectivity index (χ3v) is 4.16. The summed E-state index contributed by atoms with van der Waals surface area (Å²) in [6.45, 7) is 1.12. The van der Waals surface area contributed by atoms with Gasteiger partial charge in [-0.05, 0) is 17.5 Å². The lowest BCUT2D eigenvalue weighted by molar-refractivity contribution is -0.246. The number of hydrogen-bond acceptors (Lipinski definition) is 3. The van der Waals surface area contributed by atoms with Gasteiger partial charge < -0.3 is 15.2 Å². The smallest absolute Gasteiger partial charge is 0.170 e. The molecule has 1 unspecified atom stereocenters. The van der Waals surface area contributed by atoms with E-state index in [9.17, 15) is 0 Å².